The van der Waals surface area contributed by atoms with Gasteiger partial charge in [0, 0.05) is 22.7 Å². The van der Waals surface area contributed by atoms with Crippen LogP contribution in [0.1, 0.15) is 16.7 Å². The molecule has 3 aromatic carbocycles. The molecule has 0 unspecified atom stereocenters. The van der Waals surface area contributed by atoms with E-state index >= 15 is 0 Å². The number of hydrogen-bond acceptors (Lipinski definition) is 2. The molecule has 0 heterocycles. The molecule has 0 atom stereocenters. The van der Waals surface area contributed by atoms with Crippen LogP contribution in [0.4, 0.5) is 0 Å². The number of rotatable bonds is 8. The van der Waals surface area contributed by atoms with Gasteiger partial charge < -0.3 is 10.1 Å². The van der Waals surface area contributed by atoms with E-state index in [1.54, 1.807) is 0 Å². The lowest BCUT2D eigenvalue weighted by Gasteiger charge is -2.13. The minimum atomic E-state index is 0.473. The quantitative estimate of drug-likeness (QED) is 0.559. The maximum atomic E-state index is 6.20. The molecule has 0 bridgehead atoms. The molecule has 0 aliphatic heterocycles. The molecule has 0 aliphatic carbocycles. The number of ether oxygens (including phenoxy) is 1. The molecule has 0 spiro atoms. The van der Waals surface area contributed by atoms with Gasteiger partial charge >= 0.3 is 0 Å². The molecule has 0 aromatic heterocycles. The van der Waals surface area contributed by atoms with Gasteiger partial charge in [-0.2, -0.15) is 0 Å². The molecule has 0 fully saturated rings. The van der Waals surface area contributed by atoms with Crippen molar-refractivity contribution in [2.45, 2.75) is 19.6 Å². The summed E-state index contributed by atoms with van der Waals surface area (Å²) in [5.74, 6) is 0.898. The zero-order valence-corrected chi connectivity index (χ0v) is 14.9. The Kier molecular flexibility index (Phi) is 6.49. The van der Waals surface area contributed by atoms with E-state index in [2.05, 4.69) is 35.6 Å². The molecule has 0 saturated carbocycles. The van der Waals surface area contributed by atoms with Crippen LogP contribution in [0.5, 0.6) is 5.75 Å². The fraction of sp³-hybridized carbons (Fsp3) is 0.182. The first kappa shape index (κ1) is 17.5. The van der Waals surface area contributed by atoms with Gasteiger partial charge in [0.1, 0.15) is 12.4 Å². The Morgan fingerprint density at radius 3 is 2.24 bits per heavy atom. The van der Waals surface area contributed by atoms with E-state index in [1.165, 1.54) is 5.56 Å². The summed E-state index contributed by atoms with van der Waals surface area (Å²) in [7, 11) is 0. The van der Waals surface area contributed by atoms with E-state index in [0.29, 0.717) is 6.61 Å². The summed E-state index contributed by atoms with van der Waals surface area (Å²) < 4.78 is 5.99. The van der Waals surface area contributed by atoms with Gasteiger partial charge in [-0.05, 0) is 30.7 Å². The molecule has 128 valence electrons. The van der Waals surface area contributed by atoms with Crippen molar-refractivity contribution in [3.05, 3.63) is 101 Å². The summed E-state index contributed by atoms with van der Waals surface area (Å²) in [5, 5.41) is 4.23. The number of para-hydroxylation sites is 1. The van der Waals surface area contributed by atoms with E-state index < -0.39 is 0 Å². The molecule has 0 radical (unpaired) electrons. The molecule has 0 saturated heterocycles. The maximum Gasteiger partial charge on any atom is 0.124 e. The minimum absolute atomic E-state index is 0.473. The molecular weight excluding hydrogens is 330 g/mol. The normalized spacial score (nSPS) is 10.6. The van der Waals surface area contributed by atoms with Gasteiger partial charge in [0.05, 0.1) is 0 Å². The summed E-state index contributed by atoms with van der Waals surface area (Å²) in [5.41, 5.74) is 3.50. The average Bonchev–Trinajstić information content (AvgIpc) is 2.66. The van der Waals surface area contributed by atoms with E-state index in [4.69, 9.17) is 16.3 Å². The van der Waals surface area contributed by atoms with Gasteiger partial charge in [0.25, 0.3) is 0 Å². The average molecular weight is 352 g/mol. The third-order valence-electron chi connectivity index (χ3n) is 4.06. The Bertz CT molecular complexity index is 789. The molecule has 3 heteroatoms. The van der Waals surface area contributed by atoms with Crippen molar-refractivity contribution in [2.24, 2.45) is 0 Å². The molecule has 0 aliphatic rings. The first-order valence-electron chi connectivity index (χ1n) is 8.51. The fourth-order valence-corrected chi connectivity index (χ4v) is 2.85. The first-order valence-corrected chi connectivity index (χ1v) is 8.89. The van der Waals surface area contributed by atoms with Crippen molar-refractivity contribution in [3.63, 3.8) is 0 Å². The highest BCUT2D eigenvalue weighted by Gasteiger charge is 2.05. The lowest BCUT2D eigenvalue weighted by atomic mass is 10.1. The monoisotopic (exact) mass is 351 g/mol. The number of hydrogen-bond donors (Lipinski definition) is 1. The Labute approximate surface area is 154 Å². The zero-order valence-electron chi connectivity index (χ0n) is 14.1. The minimum Gasteiger partial charge on any atom is -0.489 e. The van der Waals surface area contributed by atoms with E-state index in [9.17, 15) is 0 Å². The van der Waals surface area contributed by atoms with Crippen LogP contribution in [0.25, 0.3) is 0 Å². The highest BCUT2D eigenvalue weighted by molar-refractivity contribution is 6.31. The van der Waals surface area contributed by atoms with Gasteiger partial charge in [-0.25, -0.2) is 0 Å². The molecule has 1 N–H and O–H groups in total. The van der Waals surface area contributed by atoms with Crippen molar-refractivity contribution in [3.8, 4) is 5.75 Å². The van der Waals surface area contributed by atoms with Gasteiger partial charge in [0.15, 0.2) is 0 Å². The van der Waals surface area contributed by atoms with Crippen molar-refractivity contribution < 1.29 is 4.74 Å². The molecule has 2 nitrogen and oxygen atoms in total. The third kappa shape index (κ3) is 5.35. The summed E-state index contributed by atoms with van der Waals surface area (Å²) in [6.45, 7) is 2.19. The van der Waals surface area contributed by atoms with Crippen LogP contribution in [-0.4, -0.2) is 6.54 Å². The van der Waals surface area contributed by atoms with Crippen molar-refractivity contribution in [2.75, 3.05) is 6.54 Å². The summed E-state index contributed by atoms with van der Waals surface area (Å²) in [4.78, 5) is 0. The standard InChI is InChI=1S/C22H22ClNO/c23-21-12-6-4-11-20(21)17-25-22-13-7-5-10-19(22)16-24-15-14-18-8-2-1-3-9-18/h1-13,24H,14-17H2. The van der Waals surface area contributed by atoms with E-state index in [-0.39, 0.29) is 0 Å². The predicted molar refractivity (Wildman–Crippen MR) is 104 cm³/mol. The third-order valence-corrected chi connectivity index (χ3v) is 4.43. The van der Waals surface area contributed by atoms with Gasteiger partial charge in [-0.3, -0.25) is 0 Å². The Morgan fingerprint density at radius 2 is 1.44 bits per heavy atom. The highest BCUT2D eigenvalue weighted by Crippen LogP contribution is 2.21. The molecular formula is C22H22ClNO. The second-order valence-electron chi connectivity index (χ2n) is 5.90. The lowest BCUT2D eigenvalue weighted by molar-refractivity contribution is 0.302. The topological polar surface area (TPSA) is 21.3 Å². The van der Waals surface area contributed by atoms with Crippen LogP contribution in [-0.2, 0) is 19.6 Å². The number of benzene rings is 3. The van der Waals surface area contributed by atoms with Crippen molar-refractivity contribution in [1.29, 1.82) is 0 Å². The van der Waals surface area contributed by atoms with Gasteiger partial charge in [0.2, 0.25) is 0 Å². The molecule has 25 heavy (non-hydrogen) atoms. The Hall–Kier alpha value is -2.29. The first-order chi connectivity index (χ1) is 12.3. The van der Waals surface area contributed by atoms with Crippen LogP contribution in [0.3, 0.4) is 0 Å². The second-order valence-corrected chi connectivity index (χ2v) is 6.31. The SMILES string of the molecule is Clc1ccccc1COc1ccccc1CNCCc1ccccc1. The van der Waals surface area contributed by atoms with Crippen LogP contribution >= 0.6 is 11.6 Å². The number of nitrogens with one attached hydrogen (secondary N) is 1. The molecule has 0 amide bonds. The van der Waals surface area contributed by atoms with Crippen LogP contribution in [0.2, 0.25) is 5.02 Å². The van der Waals surface area contributed by atoms with E-state index in [0.717, 1.165) is 41.4 Å². The summed E-state index contributed by atoms with van der Waals surface area (Å²) in [6.07, 6.45) is 1.02. The Morgan fingerprint density at radius 1 is 0.760 bits per heavy atom. The van der Waals surface area contributed by atoms with Gasteiger partial charge in [-0.15, -0.1) is 0 Å². The fourth-order valence-electron chi connectivity index (χ4n) is 2.66. The van der Waals surface area contributed by atoms with Crippen LogP contribution < -0.4 is 10.1 Å². The second kappa shape index (κ2) is 9.26. The largest absolute Gasteiger partial charge is 0.489 e. The van der Waals surface area contributed by atoms with Gasteiger partial charge in [-0.1, -0.05) is 78.3 Å². The van der Waals surface area contributed by atoms with Crippen LogP contribution in [0, 0.1) is 0 Å². The predicted octanol–water partition coefficient (Wildman–Crippen LogP) is 5.25. The smallest absolute Gasteiger partial charge is 0.124 e. The van der Waals surface area contributed by atoms with Crippen molar-refractivity contribution in [1.82, 2.24) is 5.32 Å². The highest BCUT2D eigenvalue weighted by atomic mass is 35.5. The molecule has 3 rings (SSSR count). The van der Waals surface area contributed by atoms with E-state index in [1.807, 2.05) is 48.5 Å². The Balaban J connectivity index is 1.53. The maximum absolute atomic E-state index is 6.20. The summed E-state index contributed by atoms with van der Waals surface area (Å²) in [6, 6.07) is 26.4. The summed E-state index contributed by atoms with van der Waals surface area (Å²) >= 11 is 6.20. The lowest BCUT2D eigenvalue weighted by Crippen LogP contribution is -2.17. The zero-order chi connectivity index (χ0) is 17.3. The molecule has 3 aromatic rings. The van der Waals surface area contributed by atoms with Crippen LogP contribution in [0.15, 0.2) is 78.9 Å². The number of halogens is 1. The van der Waals surface area contributed by atoms with Crippen molar-refractivity contribution >= 4 is 11.6 Å².